The zero-order valence-corrected chi connectivity index (χ0v) is 18.3. The van der Waals surface area contributed by atoms with Crippen LogP contribution in [0.2, 0.25) is 0 Å². The lowest BCUT2D eigenvalue weighted by Gasteiger charge is -2.07. The summed E-state index contributed by atoms with van der Waals surface area (Å²) in [6, 6.07) is 7.79. The van der Waals surface area contributed by atoms with Crippen LogP contribution in [0.25, 0.3) is 0 Å². The van der Waals surface area contributed by atoms with Gasteiger partial charge in [0.05, 0.1) is 0 Å². The minimum atomic E-state index is -0.759. The molecule has 1 aromatic heterocycles. The Morgan fingerprint density at radius 2 is 1.61 bits per heavy atom. The summed E-state index contributed by atoms with van der Waals surface area (Å²) in [5.41, 5.74) is 1.89. The molecule has 0 saturated carbocycles. The molecule has 0 amide bonds. The number of aromatic nitrogens is 4. The number of H-pyrrole nitrogens is 1. The first-order valence-corrected chi connectivity index (χ1v) is 11.7. The van der Waals surface area contributed by atoms with Crippen molar-refractivity contribution in [2.75, 3.05) is 0 Å². The van der Waals surface area contributed by atoms with E-state index in [1.165, 1.54) is 69.8 Å². The summed E-state index contributed by atoms with van der Waals surface area (Å²) in [5, 5.41) is 13.8. The number of unbranched alkanes of at least 4 members (excludes halogenated alkanes) is 9. The molecular weight excluding hydrogens is 392 g/mol. The smallest absolute Gasteiger partial charge is 0.232 e. The molecule has 0 aliphatic heterocycles. The van der Waals surface area contributed by atoms with Gasteiger partial charge < -0.3 is 0 Å². The molecule has 0 spiro atoms. The van der Waals surface area contributed by atoms with Gasteiger partial charge in [-0.15, -0.1) is 21.8 Å². The zero-order valence-electron chi connectivity index (χ0n) is 16.7. The van der Waals surface area contributed by atoms with Crippen LogP contribution >= 0.6 is 23.4 Å². The highest BCUT2D eigenvalue weighted by atomic mass is 35.5. The number of Topliss-reactive ketones (excluding diaryl/α,β-unsaturated/α-hetero) is 1. The molecule has 28 heavy (non-hydrogen) atoms. The number of hydrogen-bond donors (Lipinski definition) is 1. The van der Waals surface area contributed by atoms with Crippen molar-refractivity contribution in [1.29, 1.82) is 0 Å². The van der Waals surface area contributed by atoms with E-state index in [0.29, 0.717) is 10.7 Å². The second-order valence-electron chi connectivity index (χ2n) is 7.12. The third-order valence-electron chi connectivity index (χ3n) is 4.80. The predicted molar refractivity (Wildman–Crippen MR) is 116 cm³/mol. The van der Waals surface area contributed by atoms with Crippen LogP contribution in [0, 0.1) is 0 Å². The summed E-state index contributed by atoms with van der Waals surface area (Å²) in [7, 11) is 0. The molecule has 1 atom stereocenters. The van der Waals surface area contributed by atoms with Crippen LogP contribution in [-0.2, 0) is 6.42 Å². The Bertz CT molecular complexity index is 664. The number of nitrogens with zero attached hydrogens (tertiary/aromatic N) is 3. The lowest BCUT2D eigenvalue weighted by atomic mass is 10.0. The summed E-state index contributed by atoms with van der Waals surface area (Å²) in [6.07, 6.45) is 14.5. The number of halogens is 1. The molecule has 1 aromatic carbocycles. The number of thioether (sulfide) groups is 1. The first-order chi connectivity index (χ1) is 13.7. The van der Waals surface area contributed by atoms with E-state index in [2.05, 4.69) is 27.5 Å². The van der Waals surface area contributed by atoms with Gasteiger partial charge in [0, 0.05) is 5.56 Å². The third kappa shape index (κ3) is 8.74. The molecule has 1 N–H and O–H groups in total. The number of carbonyl (C=O) groups is 1. The van der Waals surface area contributed by atoms with Crippen LogP contribution < -0.4 is 0 Å². The van der Waals surface area contributed by atoms with Crippen LogP contribution in [-0.4, -0.2) is 31.1 Å². The van der Waals surface area contributed by atoms with Crippen molar-refractivity contribution in [3.8, 4) is 0 Å². The van der Waals surface area contributed by atoms with Crippen LogP contribution in [0.5, 0.6) is 0 Å². The quantitative estimate of drug-likeness (QED) is 0.160. The number of benzene rings is 1. The van der Waals surface area contributed by atoms with Crippen LogP contribution in [0.1, 0.15) is 87.1 Å². The number of aromatic amines is 1. The molecule has 0 fully saturated rings. The Morgan fingerprint density at radius 1 is 1.00 bits per heavy atom. The van der Waals surface area contributed by atoms with E-state index < -0.39 is 4.71 Å². The minimum Gasteiger partial charge on any atom is -0.292 e. The van der Waals surface area contributed by atoms with E-state index in [4.69, 9.17) is 11.6 Å². The molecule has 7 heteroatoms. The molecule has 5 nitrogen and oxygen atoms in total. The van der Waals surface area contributed by atoms with E-state index >= 15 is 0 Å². The van der Waals surface area contributed by atoms with Gasteiger partial charge in [0.25, 0.3) is 0 Å². The maximum atomic E-state index is 12.4. The summed E-state index contributed by atoms with van der Waals surface area (Å²) >= 11 is 7.25. The van der Waals surface area contributed by atoms with Gasteiger partial charge in [-0.3, -0.25) is 4.79 Å². The van der Waals surface area contributed by atoms with Crippen molar-refractivity contribution in [3.63, 3.8) is 0 Å². The number of aryl methyl sites for hydroxylation is 1. The van der Waals surface area contributed by atoms with Gasteiger partial charge in [0.15, 0.2) is 5.78 Å². The van der Waals surface area contributed by atoms with Crippen molar-refractivity contribution in [1.82, 2.24) is 20.6 Å². The molecular formula is C21H31ClN4OS. The summed E-state index contributed by atoms with van der Waals surface area (Å²) in [6.45, 7) is 2.26. The van der Waals surface area contributed by atoms with Gasteiger partial charge in [0.2, 0.25) is 5.16 Å². The van der Waals surface area contributed by atoms with E-state index in [0.717, 1.165) is 18.2 Å². The molecule has 0 aliphatic carbocycles. The monoisotopic (exact) mass is 422 g/mol. The molecule has 154 valence electrons. The topological polar surface area (TPSA) is 71.5 Å². The predicted octanol–water partition coefficient (Wildman–Crippen LogP) is 6.20. The molecule has 2 aromatic rings. The number of alkyl halides is 1. The van der Waals surface area contributed by atoms with Crippen molar-refractivity contribution in [2.24, 2.45) is 0 Å². The second kappa shape index (κ2) is 13.7. The fourth-order valence-electron chi connectivity index (χ4n) is 3.13. The average Bonchev–Trinajstić information content (AvgIpc) is 3.22. The molecule has 1 heterocycles. The summed E-state index contributed by atoms with van der Waals surface area (Å²) in [4.78, 5) is 12.4. The first-order valence-electron chi connectivity index (χ1n) is 10.4. The fraction of sp³-hybridized carbons (Fsp3) is 0.619. The number of hydrogen-bond acceptors (Lipinski definition) is 5. The number of nitrogens with one attached hydrogen (secondary N) is 1. The SMILES string of the molecule is CCCCCCCCCCCCc1ccc(C(=O)C(Cl)Sc2nn[nH]n2)cc1. The van der Waals surface area contributed by atoms with Gasteiger partial charge in [-0.25, -0.2) is 0 Å². The Morgan fingerprint density at radius 3 is 2.18 bits per heavy atom. The number of tetrazole rings is 1. The van der Waals surface area contributed by atoms with Crippen LogP contribution in [0.3, 0.4) is 0 Å². The molecule has 0 aliphatic rings. The molecule has 1 unspecified atom stereocenters. The highest BCUT2D eigenvalue weighted by Crippen LogP contribution is 2.25. The Labute approximate surface area is 177 Å². The maximum absolute atomic E-state index is 12.4. The molecule has 0 saturated heterocycles. The zero-order chi connectivity index (χ0) is 20.0. The largest absolute Gasteiger partial charge is 0.292 e. The van der Waals surface area contributed by atoms with Crippen molar-refractivity contribution in [2.45, 2.75) is 87.4 Å². The Balaban J connectivity index is 1.60. The molecule has 0 bridgehead atoms. The highest BCUT2D eigenvalue weighted by Gasteiger charge is 2.20. The highest BCUT2D eigenvalue weighted by molar-refractivity contribution is 8.01. The maximum Gasteiger partial charge on any atom is 0.232 e. The number of ketones is 1. The fourth-order valence-corrected chi connectivity index (χ4v) is 4.11. The molecule has 2 rings (SSSR count). The van der Waals surface area contributed by atoms with Gasteiger partial charge in [-0.2, -0.15) is 5.21 Å². The number of carbonyl (C=O) groups excluding carboxylic acids is 1. The lowest BCUT2D eigenvalue weighted by Crippen LogP contribution is -2.11. The first kappa shape index (κ1) is 22.9. The average molecular weight is 423 g/mol. The van der Waals surface area contributed by atoms with Crippen molar-refractivity contribution in [3.05, 3.63) is 35.4 Å². The Hall–Kier alpha value is -1.40. The van der Waals surface area contributed by atoms with Gasteiger partial charge in [-0.1, -0.05) is 101 Å². The Kier molecular flexibility index (Phi) is 11.2. The third-order valence-corrected chi connectivity index (χ3v) is 6.07. The molecule has 0 radical (unpaired) electrons. The van der Waals surface area contributed by atoms with Gasteiger partial charge in [-0.05, 0) is 23.6 Å². The van der Waals surface area contributed by atoms with E-state index in [9.17, 15) is 4.79 Å². The van der Waals surface area contributed by atoms with Gasteiger partial charge in [0.1, 0.15) is 4.71 Å². The normalized spacial score (nSPS) is 12.2. The summed E-state index contributed by atoms with van der Waals surface area (Å²) in [5.74, 6) is -0.137. The minimum absolute atomic E-state index is 0.137. The second-order valence-corrected chi connectivity index (χ2v) is 8.89. The van der Waals surface area contributed by atoms with Crippen molar-refractivity contribution < 1.29 is 4.79 Å². The van der Waals surface area contributed by atoms with E-state index in [-0.39, 0.29) is 5.78 Å². The van der Waals surface area contributed by atoms with Gasteiger partial charge >= 0.3 is 0 Å². The van der Waals surface area contributed by atoms with Crippen LogP contribution in [0.15, 0.2) is 29.4 Å². The van der Waals surface area contributed by atoms with E-state index in [1.54, 1.807) is 0 Å². The van der Waals surface area contributed by atoms with Crippen molar-refractivity contribution >= 4 is 29.1 Å². The standard InChI is InChI=1S/C21H31ClN4OS/c1-2-3-4-5-6-7-8-9-10-11-12-17-13-15-18(16-14-17)19(27)20(22)28-21-23-25-26-24-21/h13-16,20H,2-12H2,1H3,(H,23,24,25,26). The summed E-state index contributed by atoms with van der Waals surface area (Å²) < 4.78 is -0.759. The lowest BCUT2D eigenvalue weighted by molar-refractivity contribution is 0.101. The number of rotatable bonds is 15. The van der Waals surface area contributed by atoms with E-state index in [1.807, 2.05) is 24.3 Å². The van der Waals surface area contributed by atoms with Crippen LogP contribution in [0.4, 0.5) is 0 Å².